The van der Waals surface area contributed by atoms with Gasteiger partial charge in [-0.1, -0.05) is 66.7 Å². The highest BCUT2D eigenvalue weighted by Gasteiger charge is 2.25. The van der Waals surface area contributed by atoms with Crippen LogP contribution in [0.2, 0.25) is 0 Å². The molecule has 0 aliphatic heterocycles. The maximum atomic E-state index is 5.36. The van der Waals surface area contributed by atoms with Crippen molar-refractivity contribution in [3.63, 3.8) is 0 Å². The highest BCUT2D eigenvalue weighted by atomic mass is 15.2. The van der Waals surface area contributed by atoms with Crippen molar-refractivity contribution in [3.8, 4) is 22.9 Å². The van der Waals surface area contributed by atoms with Crippen LogP contribution >= 0.6 is 0 Å². The van der Waals surface area contributed by atoms with E-state index in [0.717, 1.165) is 46.9 Å². The molecule has 4 heteroatoms. The molecular weight excluding hydrogens is 560 g/mol. The van der Waals surface area contributed by atoms with E-state index in [9.17, 15) is 0 Å². The fourth-order valence-electron chi connectivity index (χ4n) is 7.96. The Morgan fingerprint density at radius 3 is 1.61 bits per heavy atom. The lowest BCUT2D eigenvalue weighted by Gasteiger charge is -2.19. The number of hydrogen-bond donors (Lipinski definition) is 0. The van der Waals surface area contributed by atoms with Crippen LogP contribution in [0.5, 0.6) is 0 Å². The van der Waals surface area contributed by atoms with Crippen LogP contribution in [0, 0.1) is 0 Å². The molecule has 216 valence electrons. The third-order valence-electron chi connectivity index (χ3n) is 10.5. The van der Waals surface area contributed by atoms with E-state index >= 15 is 0 Å². The van der Waals surface area contributed by atoms with Crippen molar-refractivity contribution in [2.24, 2.45) is 0 Å². The van der Waals surface area contributed by atoms with Crippen LogP contribution in [0.3, 0.4) is 0 Å². The van der Waals surface area contributed by atoms with E-state index in [-0.39, 0.29) is 0 Å². The average molecular weight is 589 g/mol. The number of nitrogens with zero attached hydrogens (tertiary/aromatic N) is 4. The number of para-hydroxylation sites is 2. The first-order valence-electron chi connectivity index (χ1n) is 16.3. The highest BCUT2D eigenvalue weighted by Crippen LogP contribution is 2.43. The van der Waals surface area contributed by atoms with Crippen LogP contribution < -0.4 is 0 Å². The molecule has 0 atom stereocenters. The van der Waals surface area contributed by atoms with Crippen LogP contribution in [0.15, 0.2) is 121 Å². The molecule has 0 spiro atoms. The maximum absolute atomic E-state index is 5.36. The molecule has 46 heavy (non-hydrogen) atoms. The molecule has 3 heterocycles. The molecule has 0 unspecified atom stereocenters. The van der Waals surface area contributed by atoms with Gasteiger partial charge in [-0.3, -0.25) is 4.57 Å². The quantitative estimate of drug-likeness (QED) is 0.206. The summed E-state index contributed by atoms with van der Waals surface area (Å²) in [6.07, 6.45) is 4.59. The summed E-state index contributed by atoms with van der Waals surface area (Å²) in [4.78, 5) is 10.6. The predicted molar refractivity (Wildman–Crippen MR) is 188 cm³/mol. The second kappa shape index (κ2) is 8.92. The second-order valence-electron chi connectivity index (χ2n) is 12.9. The van der Waals surface area contributed by atoms with Crippen LogP contribution in [0.4, 0.5) is 0 Å². The van der Waals surface area contributed by atoms with Crippen LogP contribution in [0.25, 0.3) is 77.4 Å². The van der Waals surface area contributed by atoms with E-state index in [2.05, 4.69) is 130 Å². The first kappa shape index (κ1) is 24.6. The Kier molecular flexibility index (Phi) is 4.76. The summed E-state index contributed by atoms with van der Waals surface area (Å²) in [7, 11) is 0. The summed E-state index contributed by atoms with van der Waals surface area (Å²) in [5.74, 6) is 0.709. The second-order valence-corrected chi connectivity index (χ2v) is 12.9. The molecule has 0 amide bonds. The highest BCUT2D eigenvalue weighted by molar-refractivity contribution is 6.19. The third-order valence-corrected chi connectivity index (χ3v) is 10.5. The van der Waals surface area contributed by atoms with Gasteiger partial charge in [0.05, 0.1) is 33.3 Å². The first-order chi connectivity index (χ1) is 22.8. The zero-order chi connectivity index (χ0) is 29.9. The van der Waals surface area contributed by atoms with Gasteiger partial charge in [0.1, 0.15) is 0 Å². The Labute approximate surface area is 265 Å². The van der Waals surface area contributed by atoms with Gasteiger partial charge >= 0.3 is 0 Å². The monoisotopic (exact) mass is 588 g/mol. The minimum absolute atomic E-state index is 0.709. The zero-order valence-corrected chi connectivity index (χ0v) is 25.2. The van der Waals surface area contributed by atoms with Gasteiger partial charge in [-0.2, -0.15) is 0 Å². The minimum atomic E-state index is 0.709. The molecule has 11 rings (SSSR count). The molecule has 0 saturated heterocycles. The third kappa shape index (κ3) is 3.28. The number of fused-ring (bicyclic) bond motifs is 9. The molecule has 4 nitrogen and oxygen atoms in total. The van der Waals surface area contributed by atoms with Gasteiger partial charge in [-0.15, -0.1) is 0 Å². The van der Waals surface area contributed by atoms with Crippen molar-refractivity contribution in [1.82, 2.24) is 19.1 Å². The largest absolute Gasteiger partial charge is 0.309 e. The zero-order valence-electron chi connectivity index (χ0n) is 25.2. The normalized spacial score (nSPS) is 13.7. The fraction of sp³-hybridized carbons (Fsp3) is 0.0952. The topological polar surface area (TPSA) is 35.6 Å². The van der Waals surface area contributed by atoms with Crippen molar-refractivity contribution < 1.29 is 0 Å². The Morgan fingerprint density at radius 1 is 0.413 bits per heavy atom. The van der Waals surface area contributed by atoms with E-state index in [1.165, 1.54) is 72.5 Å². The molecule has 0 fully saturated rings. The smallest absolute Gasteiger partial charge is 0.235 e. The Bertz CT molecular complexity index is 2730. The lowest BCUT2D eigenvalue weighted by atomic mass is 9.87. The van der Waals surface area contributed by atoms with E-state index < -0.39 is 0 Å². The maximum Gasteiger partial charge on any atom is 0.235 e. The van der Waals surface area contributed by atoms with Crippen LogP contribution in [0.1, 0.15) is 22.3 Å². The predicted octanol–water partition coefficient (Wildman–Crippen LogP) is 9.69. The summed E-state index contributed by atoms with van der Waals surface area (Å²) >= 11 is 0. The number of aryl methyl sites for hydroxylation is 4. The SMILES string of the molecule is c1ccc(-c2nc(-n3c4cc5c(cc4c4cc6c7cc8c(cc7n(-c7ccccc7)c6cc43)CC8)CC5)nc3ccccc23)cc1. The summed E-state index contributed by atoms with van der Waals surface area (Å²) in [6.45, 7) is 0. The van der Waals surface area contributed by atoms with E-state index in [4.69, 9.17) is 9.97 Å². The Morgan fingerprint density at radius 2 is 0.935 bits per heavy atom. The number of rotatable bonds is 3. The lowest BCUT2D eigenvalue weighted by Crippen LogP contribution is -2.09. The van der Waals surface area contributed by atoms with Gasteiger partial charge in [0.25, 0.3) is 0 Å². The standard InChI is InChI=1S/C42H28N4/c1-3-9-25(10-4-1)41-31-13-7-8-14-36(31)43-42(44-41)46-38-22-29-18-16-27(29)20-33(38)35-23-34-32-19-26-15-17-28(26)21-37(32)45(39(34)24-40(35)46)30-11-5-2-6-12-30/h1-14,19-24H,15-18H2. The lowest BCUT2D eigenvalue weighted by molar-refractivity contribution is 0.842. The van der Waals surface area contributed by atoms with E-state index in [0.29, 0.717) is 5.95 Å². The first-order valence-corrected chi connectivity index (χ1v) is 16.3. The van der Waals surface area contributed by atoms with Gasteiger partial charge < -0.3 is 4.57 Å². The molecule has 0 radical (unpaired) electrons. The molecule has 0 saturated carbocycles. The van der Waals surface area contributed by atoms with Crippen molar-refractivity contribution in [1.29, 1.82) is 0 Å². The molecule has 2 aliphatic rings. The summed E-state index contributed by atoms with van der Waals surface area (Å²) in [6, 6.07) is 44.2. The van der Waals surface area contributed by atoms with E-state index in [1.807, 2.05) is 0 Å². The molecule has 9 aromatic rings. The molecular formula is C42H28N4. The van der Waals surface area contributed by atoms with Crippen LogP contribution in [-0.4, -0.2) is 19.1 Å². The number of aromatic nitrogens is 4. The Balaban J connectivity index is 1.30. The molecule has 6 aromatic carbocycles. The van der Waals surface area contributed by atoms with Crippen molar-refractivity contribution in [2.45, 2.75) is 25.7 Å². The number of hydrogen-bond acceptors (Lipinski definition) is 2. The van der Waals surface area contributed by atoms with Gasteiger partial charge in [0.15, 0.2) is 0 Å². The average Bonchev–Trinajstić information content (AvgIpc) is 3.56. The molecule has 2 aliphatic carbocycles. The molecule has 0 N–H and O–H groups in total. The van der Waals surface area contributed by atoms with Crippen molar-refractivity contribution in [2.75, 3.05) is 0 Å². The summed E-state index contributed by atoms with van der Waals surface area (Å²) in [5.41, 5.74) is 14.8. The molecule has 0 bridgehead atoms. The van der Waals surface area contributed by atoms with Crippen molar-refractivity contribution in [3.05, 3.63) is 144 Å². The summed E-state index contributed by atoms with van der Waals surface area (Å²) in [5, 5.41) is 6.22. The van der Waals surface area contributed by atoms with Crippen molar-refractivity contribution >= 4 is 54.5 Å². The Hall–Kier alpha value is -5.74. The van der Waals surface area contributed by atoms with Gasteiger partial charge in [0, 0.05) is 38.2 Å². The van der Waals surface area contributed by atoms with Gasteiger partial charge in [0.2, 0.25) is 5.95 Å². The van der Waals surface area contributed by atoms with Gasteiger partial charge in [-0.25, -0.2) is 9.97 Å². The molecule has 3 aromatic heterocycles. The summed E-state index contributed by atoms with van der Waals surface area (Å²) < 4.78 is 4.78. The number of benzene rings is 6. The van der Waals surface area contributed by atoms with Gasteiger partial charge in [-0.05, 0) is 103 Å². The van der Waals surface area contributed by atoms with E-state index in [1.54, 1.807) is 0 Å². The minimum Gasteiger partial charge on any atom is -0.309 e. The van der Waals surface area contributed by atoms with Crippen LogP contribution in [-0.2, 0) is 25.7 Å². The fourth-order valence-corrected chi connectivity index (χ4v) is 7.96.